The number of carbonyl (C=O) groups is 2. The summed E-state index contributed by atoms with van der Waals surface area (Å²) in [6.45, 7) is 5.90. The van der Waals surface area contributed by atoms with Crippen molar-refractivity contribution in [3.8, 4) is 11.5 Å². The van der Waals surface area contributed by atoms with Gasteiger partial charge >= 0.3 is 5.97 Å². The van der Waals surface area contributed by atoms with Gasteiger partial charge in [0.25, 0.3) is 5.91 Å². The van der Waals surface area contributed by atoms with Gasteiger partial charge in [-0.15, -0.1) is 0 Å². The molecule has 7 nitrogen and oxygen atoms in total. The standard InChI is InChI=1S/C20H22N2O5/c1-3-26-17-10-13-6-8-22(12-15(13)11-18(17)27-4-2)19(23)14-5-7-21-16(9-14)20(24)25/h5,7,9-11H,3-4,6,8,12H2,1-2H3,(H,24,25). The summed E-state index contributed by atoms with van der Waals surface area (Å²) in [4.78, 5) is 29.4. The van der Waals surface area contributed by atoms with Crippen LogP contribution in [0.4, 0.5) is 0 Å². The van der Waals surface area contributed by atoms with Crippen LogP contribution in [0.25, 0.3) is 0 Å². The van der Waals surface area contributed by atoms with E-state index in [9.17, 15) is 9.59 Å². The molecule has 27 heavy (non-hydrogen) atoms. The summed E-state index contributed by atoms with van der Waals surface area (Å²) in [6.07, 6.45) is 2.04. The smallest absolute Gasteiger partial charge is 0.354 e. The number of ether oxygens (including phenoxy) is 2. The van der Waals surface area contributed by atoms with Crippen molar-refractivity contribution in [2.75, 3.05) is 19.8 Å². The second kappa shape index (κ2) is 8.07. The molecule has 2 heterocycles. The summed E-state index contributed by atoms with van der Waals surface area (Å²) in [6, 6.07) is 6.76. The van der Waals surface area contributed by atoms with Crippen molar-refractivity contribution >= 4 is 11.9 Å². The number of pyridine rings is 1. The summed E-state index contributed by atoms with van der Waals surface area (Å²) in [5, 5.41) is 9.07. The van der Waals surface area contributed by atoms with E-state index >= 15 is 0 Å². The minimum atomic E-state index is -1.15. The van der Waals surface area contributed by atoms with Gasteiger partial charge in [0.1, 0.15) is 5.69 Å². The number of carboxylic acid groups (broad SMARTS) is 1. The third kappa shape index (κ3) is 4.02. The molecule has 1 aromatic heterocycles. The zero-order valence-corrected chi connectivity index (χ0v) is 15.4. The molecule has 142 valence electrons. The van der Waals surface area contributed by atoms with Gasteiger partial charge in [-0.05, 0) is 55.7 Å². The Kier molecular flexibility index (Phi) is 5.59. The summed E-state index contributed by atoms with van der Waals surface area (Å²) < 4.78 is 11.3. The molecule has 0 bridgehead atoms. The molecule has 1 amide bonds. The van der Waals surface area contributed by atoms with E-state index in [2.05, 4.69) is 4.98 Å². The van der Waals surface area contributed by atoms with E-state index in [1.807, 2.05) is 26.0 Å². The molecular weight excluding hydrogens is 348 g/mol. The van der Waals surface area contributed by atoms with E-state index in [0.29, 0.717) is 44.0 Å². The second-order valence-corrected chi connectivity index (χ2v) is 6.15. The summed E-state index contributed by atoms with van der Waals surface area (Å²) in [5.74, 6) is 0.0263. The Bertz CT molecular complexity index is 865. The predicted octanol–water partition coefficient (Wildman–Crippen LogP) is 2.78. The van der Waals surface area contributed by atoms with Gasteiger partial charge < -0.3 is 19.5 Å². The summed E-state index contributed by atoms with van der Waals surface area (Å²) in [5.41, 5.74) is 2.32. The van der Waals surface area contributed by atoms with E-state index in [1.54, 1.807) is 4.90 Å². The number of hydrogen-bond acceptors (Lipinski definition) is 5. The molecule has 0 saturated heterocycles. The Labute approximate surface area is 157 Å². The number of carbonyl (C=O) groups excluding carboxylic acids is 1. The molecule has 0 fully saturated rings. The van der Waals surface area contributed by atoms with Gasteiger partial charge in [0, 0.05) is 24.8 Å². The number of aromatic carboxylic acids is 1. The molecule has 1 aromatic carbocycles. The Hall–Kier alpha value is -3.09. The minimum absolute atomic E-state index is 0.141. The number of amides is 1. The first-order valence-electron chi connectivity index (χ1n) is 8.93. The summed E-state index contributed by atoms with van der Waals surface area (Å²) >= 11 is 0. The van der Waals surface area contributed by atoms with Crippen molar-refractivity contribution < 1.29 is 24.2 Å². The first-order chi connectivity index (χ1) is 13.0. The number of carboxylic acids is 1. The Morgan fingerprint density at radius 3 is 2.41 bits per heavy atom. The average molecular weight is 370 g/mol. The average Bonchev–Trinajstić information content (AvgIpc) is 2.68. The van der Waals surface area contributed by atoms with Crippen LogP contribution in [-0.2, 0) is 13.0 Å². The van der Waals surface area contributed by atoms with Crippen molar-refractivity contribution in [1.29, 1.82) is 0 Å². The lowest BCUT2D eigenvalue weighted by atomic mass is 9.98. The van der Waals surface area contributed by atoms with Crippen molar-refractivity contribution in [2.24, 2.45) is 0 Å². The van der Waals surface area contributed by atoms with Gasteiger partial charge in [-0.1, -0.05) is 0 Å². The maximum atomic E-state index is 12.8. The van der Waals surface area contributed by atoms with Crippen molar-refractivity contribution in [2.45, 2.75) is 26.8 Å². The van der Waals surface area contributed by atoms with Crippen molar-refractivity contribution in [3.63, 3.8) is 0 Å². The fraction of sp³-hybridized carbons (Fsp3) is 0.350. The van der Waals surface area contributed by atoms with E-state index in [-0.39, 0.29) is 11.6 Å². The number of rotatable bonds is 6. The van der Waals surface area contributed by atoms with Crippen LogP contribution in [0.2, 0.25) is 0 Å². The molecule has 0 spiro atoms. The van der Waals surface area contributed by atoms with Gasteiger partial charge in [0.2, 0.25) is 0 Å². The van der Waals surface area contributed by atoms with Crippen molar-refractivity contribution in [1.82, 2.24) is 9.88 Å². The third-order valence-electron chi connectivity index (χ3n) is 4.39. The summed E-state index contributed by atoms with van der Waals surface area (Å²) in [7, 11) is 0. The van der Waals surface area contributed by atoms with Crippen LogP contribution >= 0.6 is 0 Å². The molecule has 2 aromatic rings. The maximum Gasteiger partial charge on any atom is 0.354 e. The fourth-order valence-corrected chi connectivity index (χ4v) is 3.14. The number of nitrogens with zero attached hydrogens (tertiary/aromatic N) is 2. The minimum Gasteiger partial charge on any atom is -0.490 e. The Balaban J connectivity index is 1.85. The van der Waals surface area contributed by atoms with Gasteiger partial charge in [-0.2, -0.15) is 0 Å². The van der Waals surface area contributed by atoms with E-state index in [0.717, 1.165) is 16.9 Å². The molecule has 7 heteroatoms. The lowest BCUT2D eigenvalue weighted by molar-refractivity contribution is 0.0690. The number of hydrogen-bond donors (Lipinski definition) is 1. The third-order valence-corrected chi connectivity index (χ3v) is 4.39. The Morgan fingerprint density at radius 1 is 1.11 bits per heavy atom. The fourth-order valence-electron chi connectivity index (χ4n) is 3.14. The zero-order chi connectivity index (χ0) is 19.4. The monoisotopic (exact) mass is 370 g/mol. The van der Waals surface area contributed by atoms with Crippen LogP contribution in [0.15, 0.2) is 30.5 Å². The van der Waals surface area contributed by atoms with Gasteiger partial charge in [-0.3, -0.25) is 4.79 Å². The highest BCUT2D eigenvalue weighted by molar-refractivity contribution is 5.96. The number of aromatic nitrogens is 1. The topological polar surface area (TPSA) is 89.0 Å². The first kappa shape index (κ1) is 18.7. The highest BCUT2D eigenvalue weighted by Gasteiger charge is 2.24. The first-order valence-corrected chi connectivity index (χ1v) is 8.93. The normalized spacial score (nSPS) is 13.0. The van der Waals surface area contributed by atoms with E-state index < -0.39 is 5.97 Å². The molecule has 0 unspecified atom stereocenters. The largest absolute Gasteiger partial charge is 0.490 e. The highest BCUT2D eigenvalue weighted by atomic mass is 16.5. The zero-order valence-electron chi connectivity index (χ0n) is 15.4. The second-order valence-electron chi connectivity index (χ2n) is 6.15. The molecular formula is C20H22N2O5. The van der Waals surface area contributed by atoms with Crippen LogP contribution in [0.1, 0.15) is 45.8 Å². The van der Waals surface area contributed by atoms with Gasteiger partial charge in [-0.25, -0.2) is 9.78 Å². The molecule has 1 aliphatic heterocycles. The van der Waals surface area contributed by atoms with Crippen LogP contribution in [0, 0.1) is 0 Å². The lowest BCUT2D eigenvalue weighted by Gasteiger charge is -2.30. The van der Waals surface area contributed by atoms with E-state index in [4.69, 9.17) is 14.6 Å². The molecule has 1 aliphatic rings. The maximum absolute atomic E-state index is 12.8. The quantitative estimate of drug-likeness (QED) is 0.841. The van der Waals surface area contributed by atoms with Gasteiger partial charge in [0.15, 0.2) is 11.5 Å². The van der Waals surface area contributed by atoms with Gasteiger partial charge in [0.05, 0.1) is 13.2 Å². The van der Waals surface area contributed by atoms with Crippen LogP contribution in [0.3, 0.4) is 0 Å². The van der Waals surface area contributed by atoms with E-state index in [1.165, 1.54) is 18.3 Å². The number of benzene rings is 1. The lowest BCUT2D eigenvalue weighted by Crippen LogP contribution is -2.36. The SMILES string of the molecule is CCOc1cc2c(cc1OCC)CN(C(=O)c1ccnc(C(=O)O)c1)CC2. The van der Waals surface area contributed by atoms with Crippen molar-refractivity contribution in [3.05, 3.63) is 52.8 Å². The molecule has 0 atom stereocenters. The van der Waals surface area contributed by atoms with Crippen LogP contribution in [-0.4, -0.2) is 46.6 Å². The molecule has 0 radical (unpaired) electrons. The van der Waals surface area contributed by atoms with Crippen LogP contribution in [0.5, 0.6) is 11.5 Å². The molecule has 0 saturated carbocycles. The molecule has 3 rings (SSSR count). The molecule has 0 aliphatic carbocycles. The Morgan fingerprint density at radius 2 is 1.78 bits per heavy atom. The predicted molar refractivity (Wildman–Crippen MR) is 98.4 cm³/mol. The van der Waals surface area contributed by atoms with Crippen LogP contribution < -0.4 is 9.47 Å². The molecule has 1 N–H and O–H groups in total. The highest BCUT2D eigenvalue weighted by Crippen LogP contribution is 2.34. The number of fused-ring (bicyclic) bond motifs is 1.